The van der Waals surface area contributed by atoms with Crippen molar-refractivity contribution in [2.75, 3.05) is 6.54 Å². The van der Waals surface area contributed by atoms with Crippen molar-refractivity contribution in [2.24, 2.45) is 11.3 Å². The number of rotatable bonds is 2. The Morgan fingerprint density at radius 3 is 2.50 bits per heavy atom. The van der Waals surface area contributed by atoms with Gasteiger partial charge in [0.2, 0.25) is 0 Å². The molecule has 2 fully saturated rings. The molecule has 2 aliphatic carbocycles. The van der Waals surface area contributed by atoms with E-state index in [9.17, 15) is 4.79 Å². The van der Waals surface area contributed by atoms with E-state index in [1.165, 1.54) is 38.5 Å². The smallest absolute Gasteiger partial charge is 0.295 e. The fourth-order valence-corrected chi connectivity index (χ4v) is 2.46. The summed E-state index contributed by atoms with van der Waals surface area (Å²) in [6, 6.07) is 0. The maximum absolute atomic E-state index is 10.8. The summed E-state index contributed by atoms with van der Waals surface area (Å²) >= 11 is 0. The van der Waals surface area contributed by atoms with Gasteiger partial charge in [-0.3, -0.25) is 4.79 Å². The summed E-state index contributed by atoms with van der Waals surface area (Å²) in [5, 5.41) is 2.77. The van der Waals surface area contributed by atoms with Crippen LogP contribution in [0.15, 0.2) is 0 Å². The second-order valence-corrected chi connectivity index (χ2v) is 4.80. The minimum Gasteiger partial charge on any atom is -0.345 e. The van der Waals surface area contributed by atoms with Crippen LogP contribution >= 0.6 is 0 Å². The molecule has 1 amide bonds. The van der Waals surface area contributed by atoms with Gasteiger partial charge in [-0.25, -0.2) is 0 Å². The summed E-state index contributed by atoms with van der Waals surface area (Å²) in [5.41, 5.74) is 0.743. The van der Waals surface area contributed by atoms with Crippen molar-refractivity contribution in [3.63, 3.8) is 0 Å². The third-order valence-corrected chi connectivity index (χ3v) is 3.81. The molecule has 0 atom stereocenters. The second kappa shape index (κ2) is 3.65. The third kappa shape index (κ3) is 2.09. The quantitative estimate of drug-likeness (QED) is 0.661. The van der Waals surface area contributed by atoms with Gasteiger partial charge in [0.15, 0.2) is 0 Å². The van der Waals surface area contributed by atoms with Crippen LogP contribution in [0.3, 0.4) is 0 Å². The molecule has 14 heavy (non-hydrogen) atoms. The Morgan fingerprint density at radius 2 is 2.00 bits per heavy atom. The molecular formula is C12H17NO. The number of hydrogen-bond donors (Lipinski definition) is 1. The molecule has 2 nitrogen and oxygen atoms in total. The van der Waals surface area contributed by atoms with Crippen LogP contribution in [-0.4, -0.2) is 12.5 Å². The fourth-order valence-electron chi connectivity index (χ4n) is 2.46. The summed E-state index contributed by atoms with van der Waals surface area (Å²) in [6.07, 6.45) is 13.1. The molecule has 0 aromatic heterocycles. The molecule has 1 N–H and O–H groups in total. The highest BCUT2D eigenvalue weighted by molar-refractivity contribution is 5.92. The van der Waals surface area contributed by atoms with E-state index in [4.69, 9.17) is 6.42 Å². The van der Waals surface area contributed by atoms with Crippen LogP contribution in [0.1, 0.15) is 38.5 Å². The van der Waals surface area contributed by atoms with E-state index in [1.54, 1.807) is 0 Å². The molecule has 0 bridgehead atoms. The Hall–Kier alpha value is -0.970. The highest BCUT2D eigenvalue weighted by atomic mass is 16.1. The largest absolute Gasteiger partial charge is 0.345 e. The van der Waals surface area contributed by atoms with Crippen molar-refractivity contribution < 1.29 is 4.79 Å². The molecule has 1 spiro atoms. The van der Waals surface area contributed by atoms with Gasteiger partial charge in [0.25, 0.3) is 5.91 Å². The lowest BCUT2D eigenvalue weighted by atomic mass is 9.80. The highest BCUT2D eigenvalue weighted by Crippen LogP contribution is 2.56. The number of carbonyl (C=O) groups excluding carboxylic acids is 1. The zero-order valence-electron chi connectivity index (χ0n) is 8.51. The van der Waals surface area contributed by atoms with Gasteiger partial charge in [-0.05, 0) is 55.8 Å². The first-order valence-electron chi connectivity index (χ1n) is 5.49. The van der Waals surface area contributed by atoms with Gasteiger partial charge in [0, 0.05) is 6.54 Å². The second-order valence-electron chi connectivity index (χ2n) is 4.80. The van der Waals surface area contributed by atoms with Gasteiger partial charge in [0.1, 0.15) is 0 Å². The van der Waals surface area contributed by atoms with Gasteiger partial charge < -0.3 is 5.32 Å². The van der Waals surface area contributed by atoms with Gasteiger partial charge in [-0.2, -0.15) is 0 Å². The summed E-state index contributed by atoms with van der Waals surface area (Å²) < 4.78 is 0. The molecule has 0 aromatic rings. The first kappa shape index (κ1) is 9.58. The highest BCUT2D eigenvalue weighted by Gasteiger charge is 2.44. The Bertz CT molecular complexity index is 263. The number of hydrogen-bond acceptors (Lipinski definition) is 1. The molecule has 0 radical (unpaired) electrons. The first-order valence-corrected chi connectivity index (χ1v) is 5.49. The van der Waals surface area contributed by atoms with E-state index in [2.05, 4.69) is 11.2 Å². The molecule has 0 unspecified atom stereocenters. The molecular weight excluding hydrogens is 174 g/mol. The number of nitrogens with one attached hydrogen (secondary N) is 1. The Labute approximate surface area is 85.5 Å². The van der Waals surface area contributed by atoms with Gasteiger partial charge >= 0.3 is 0 Å². The van der Waals surface area contributed by atoms with Crippen molar-refractivity contribution >= 4 is 5.91 Å². The van der Waals surface area contributed by atoms with Gasteiger partial charge in [-0.1, -0.05) is 0 Å². The molecule has 2 heteroatoms. The SMILES string of the molecule is C#CC(=O)NCC1CCC2(CC1)CC2. The van der Waals surface area contributed by atoms with Crippen LogP contribution in [-0.2, 0) is 4.79 Å². The van der Waals surface area contributed by atoms with Crippen LogP contribution in [0.25, 0.3) is 0 Å². The monoisotopic (exact) mass is 191 g/mol. The minimum absolute atomic E-state index is 0.267. The van der Waals surface area contributed by atoms with Crippen LogP contribution in [0.4, 0.5) is 0 Å². The molecule has 0 saturated heterocycles. The standard InChI is InChI=1S/C12H17NO/c1-2-11(14)13-9-10-3-5-12(6-4-10)7-8-12/h1,10H,3-9H2,(H,13,14). The molecule has 2 saturated carbocycles. The number of amides is 1. The van der Waals surface area contributed by atoms with E-state index in [0.29, 0.717) is 5.92 Å². The van der Waals surface area contributed by atoms with Crippen molar-refractivity contribution in [3.8, 4) is 12.3 Å². The van der Waals surface area contributed by atoms with E-state index in [1.807, 2.05) is 0 Å². The van der Waals surface area contributed by atoms with Crippen molar-refractivity contribution in [1.82, 2.24) is 5.32 Å². The maximum atomic E-state index is 10.8. The molecule has 76 valence electrons. The number of terminal acetylenes is 1. The van der Waals surface area contributed by atoms with Crippen molar-refractivity contribution in [2.45, 2.75) is 38.5 Å². The molecule has 0 aliphatic heterocycles. The lowest BCUT2D eigenvalue weighted by molar-refractivity contribution is -0.115. The zero-order valence-corrected chi connectivity index (χ0v) is 8.51. The summed E-state index contributed by atoms with van der Waals surface area (Å²) in [6.45, 7) is 0.777. The number of carbonyl (C=O) groups is 1. The minimum atomic E-state index is -0.267. The van der Waals surface area contributed by atoms with E-state index < -0.39 is 0 Å². The van der Waals surface area contributed by atoms with E-state index in [0.717, 1.165) is 12.0 Å². The predicted molar refractivity (Wildman–Crippen MR) is 55.5 cm³/mol. The summed E-state index contributed by atoms with van der Waals surface area (Å²) in [7, 11) is 0. The lowest BCUT2D eigenvalue weighted by Gasteiger charge is -2.28. The van der Waals surface area contributed by atoms with Crippen LogP contribution in [0.2, 0.25) is 0 Å². The lowest BCUT2D eigenvalue weighted by Crippen LogP contribution is -2.30. The summed E-state index contributed by atoms with van der Waals surface area (Å²) in [4.78, 5) is 10.8. The van der Waals surface area contributed by atoms with Crippen molar-refractivity contribution in [1.29, 1.82) is 0 Å². The van der Waals surface area contributed by atoms with E-state index >= 15 is 0 Å². The van der Waals surface area contributed by atoms with Gasteiger partial charge in [-0.15, -0.1) is 6.42 Å². The van der Waals surface area contributed by atoms with Gasteiger partial charge in [0.05, 0.1) is 0 Å². The summed E-state index contributed by atoms with van der Waals surface area (Å²) in [5.74, 6) is 2.48. The maximum Gasteiger partial charge on any atom is 0.295 e. The fraction of sp³-hybridized carbons (Fsp3) is 0.750. The Balaban J connectivity index is 1.68. The molecule has 2 aliphatic rings. The molecule has 2 rings (SSSR count). The average Bonchev–Trinajstić information content (AvgIpc) is 2.97. The zero-order chi connectivity index (χ0) is 10.0. The predicted octanol–water partition coefficient (Wildman–Crippen LogP) is 1.71. The molecule has 0 heterocycles. The topological polar surface area (TPSA) is 29.1 Å². The normalized spacial score (nSPS) is 24.2. The first-order chi connectivity index (χ1) is 6.74. The van der Waals surface area contributed by atoms with Crippen molar-refractivity contribution in [3.05, 3.63) is 0 Å². The van der Waals surface area contributed by atoms with Crippen LogP contribution in [0.5, 0.6) is 0 Å². The Kier molecular flexibility index (Phi) is 2.50. The van der Waals surface area contributed by atoms with E-state index in [-0.39, 0.29) is 5.91 Å². The van der Waals surface area contributed by atoms with Crippen LogP contribution in [0, 0.1) is 23.7 Å². The third-order valence-electron chi connectivity index (χ3n) is 3.81. The molecule has 0 aromatic carbocycles. The Morgan fingerprint density at radius 1 is 1.36 bits per heavy atom. The average molecular weight is 191 g/mol. The van der Waals surface area contributed by atoms with Crippen LogP contribution < -0.4 is 5.32 Å².